The van der Waals surface area contributed by atoms with Gasteiger partial charge < -0.3 is 14.3 Å². The Kier molecular flexibility index (Phi) is 5.15. The van der Waals surface area contributed by atoms with E-state index in [1.165, 1.54) is 16.5 Å². The number of aromatic amines is 1. The van der Waals surface area contributed by atoms with E-state index < -0.39 is 0 Å². The van der Waals surface area contributed by atoms with Gasteiger partial charge in [0, 0.05) is 37.0 Å². The number of hydrogen-bond donors (Lipinski definition) is 1. The van der Waals surface area contributed by atoms with Crippen molar-refractivity contribution in [3.63, 3.8) is 0 Å². The third kappa shape index (κ3) is 3.59. The highest BCUT2D eigenvalue weighted by atomic mass is 16.5. The molecule has 0 bridgehead atoms. The topological polar surface area (TPSA) is 90.1 Å². The van der Waals surface area contributed by atoms with Crippen molar-refractivity contribution in [2.45, 2.75) is 26.5 Å². The molecule has 0 saturated carbocycles. The average Bonchev–Trinajstić information content (AvgIpc) is 3.45. The molecule has 0 unspecified atom stereocenters. The Labute approximate surface area is 200 Å². The van der Waals surface area contributed by atoms with Crippen molar-refractivity contribution < 1.29 is 4.74 Å². The van der Waals surface area contributed by atoms with Crippen molar-refractivity contribution in [2.75, 3.05) is 7.11 Å². The monoisotopic (exact) mass is 464 g/mol. The molecule has 4 heterocycles. The molecule has 0 radical (unpaired) electrons. The van der Waals surface area contributed by atoms with Crippen LogP contribution in [0.3, 0.4) is 0 Å². The van der Waals surface area contributed by atoms with Crippen LogP contribution in [0.5, 0.6) is 0 Å². The maximum Gasteiger partial charge on any atom is 0.280 e. The van der Waals surface area contributed by atoms with Gasteiger partial charge in [-0.25, -0.2) is 4.52 Å². The number of H-pyrrole nitrogens is 1. The maximum absolute atomic E-state index is 13.3. The molecule has 0 aliphatic rings. The number of aryl methyl sites for hydroxylation is 3. The zero-order valence-electron chi connectivity index (χ0n) is 19.5. The molecule has 0 spiro atoms. The van der Waals surface area contributed by atoms with Gasteiger partial charge in [-0.1, -0.05) is 42.0 Å². The second-order valence-electron chi connectivity index (χ2n) is 8.72. The summed E-state index contributed by atoms with van der Waals surface area (Å²) in [4.78, 5) is 16.6. The molecule has 8 heteroatoms. The highest BCUT2D eigenvalue weighted by Crippen LogP contribution is 2.29. The number of aromatic nitrogens is 6. The van der Waals surface area contributed by atoms with E-state index in [4.69, 9.17) is 9.84 Å². The Bertz CT molecular complexity index is 1750. The predicted molar refractivity (Wildman–Crippen MR) is 135 cm³/mol. The Morgan fingerprint density at radius 1 is 1.06 bits per heavy atom. The smallest absolute Gasteiger partial charge is 0.280 e. The van der Waals surface area contributed by atoms with E-state index in [-0.39, 0.29) is 5.56 Å². The third-order valence-corrected chi connectivity index (χ3v) is 6.41. The van der Waals surface area contributed by atoms with Crippen molar-refractivity contribution in [3.8, 4) is 11.1 Å². The van der Waals surface area contributed by atoms with Gasteiger partial charge in [0.25, 0.3) is 5.56 Å². The lowest BCUT2D eigenvalue weighted by Gasteiger charge is -2.07. The number of fused-ring (bicyclic) bond motifs is 4. The molecule has 0 amide bonds. The number of nitrogens with zero attached hydrogens (tertiary/aromatic N) is 5. The summed E-state index contributed by atoms with van der Waals surface area (Å²) in [5.41, 5.74) is 7.41. The lowest BCUT2D eigenvalue weighted by Crippen LogP contribution is -2.22. The summed E-state index contributed by atoms with van der Waals surface area (Å²) >= 11 is 0. The number of rotatable bonds is 6. The molecule has 0 aliphatic carbocycles. The zero-order chi connectivity index (χ0) is 23.9. The van der Waals surface area contributed by atoms with Crippen LogP contribution < -0.4 is 5.56 Å². The molecule has 0 atom stereocenters. The fourth-order valence-electron chi connectivity index (χ4n) is 4.68. The fraction of sp³-hybridized carbons (Fsp3) is 0.185. The summed E-state index contributed by atoms with van der Waals surface area (Å²) in [7, 11) is 1.64. The first-order valence-electron chi connectivity index (χ1n) is 11.5. The molecule has 4 aromatic heterocycles. The summed E-state index contributed by atoms with van der Waals surface area (Å²) in [6.07, 6.45) is 4.56. The lowest BCUT2D eigenvalue weighted by molar-refractivity contribution is 0.181. The Balaban J connectivity index is 1.41. The average molecular weight is 465 g/mol. The molecular weight excluding hydrogens is 440 g/mol. The van der Waals surface area contributed by atoms with Crippen LogP contribution in [0.4, 0.5) is 0 Å². The van der Waals surface area contributed by atoms with E-state index in [1.54, 1.807) is 16.2 Å². The van der Waals surface area contributed by atoms with Crippen LogP contribution in [0.25, 0.3) is 38.7 Å². The summed E-state index contributed by atoms with van der Waals surface area (Å²) in [6, 6.07) is 18.2. The quantitative estimate of drug-likeness (QED) is 0.397. The SMILES string of the molecule is COCc1nn2c(nnc3c(=O)n(CCc4c[nH]c5ccc(C)cc45)ccc32)c1-c1ccccc1. The number of hydrogen-bond acceptors (Lipinski definition) is 5. The first kappa shape index (κ1) is 21.2. The van der Waals surface area contributed by atoms with Gasteiger partial charge in [0.15, 0.2) is 11.2 Å². The van der Waals surface area contributed by atoms with Crippen molar-refractivity contribution in [1.82, 2.24) is 29.4 Å². The van der Waals surface area contributed by atoms with Crippen molar-refractivity contribution in [3.05, 3.63) is 94.2 Å². The van der Waals surface area contributed by atoms with Crippen molar-refractivity contribution in [2.24, 2.45) is 0 Å². The van der Waals surface area contributed by atoms with Crippen LogP contribution in [-0.4, -0.2) is 36.5 Å². The predicted octanol–water partition coefficient (Wildman–Crippen LogP) is 4.29. The number of nitrogens with one attached hydrogen (secondary N) is 1. The number of pyridine rings is 1. The minimum absolute atomic E-state index is 0.182. The van der Waals surface area contributed by atoms with E-state index in [0.29, 0.717) is 29.8 Å². The Morgan fingerprint density at radius 3 is 2.74 bits per heavy atom. The van der Waals surface area contributed by atoms with E-state index in [2.05, 4.69) is 40.3 Å². The molecule has 6 rings (SSSR count). The van der Waals surface area contributed by atoms with Crippen LogP contribution in [-0.2, 0) is 24.3 Å². The third-order valence-electron chi connectivity index (χ3n) is 6.41. The molecule has 0 saturated heterocycles. The lowest BCUT2D eigenvalue weighted by atomic mass is 10.1. The number of methoxy groups -OCH3 is 1. The summed E-state index contributed by atoms with van der Waals surface area (Å²) in [6.45, 7) is 2.95. The highest BCUT2D eigenvalue weighted by Gasteiger charge is 2.19. The minimum Gasteiger partial charge on any atom is -0.378 e. The molecular formula is C27H24N6O2. The van der Waals surface area contributed by atoms with Gasteiger partial charge in [0.2, 0.25) is 0 Å². The van der Waals surface area contributed by atoms with Gasteiger partial charge in [-0.15, -0.1) is 10.2 Å². The van der Waals surface area contributed by atoms with E-state index >= 15 is 0 Å². The second kappa shape index (κ2) is 8.48. The Hall–Kier alpha value is -4.30. The normalized spacial score (nSPS) is 11.7. The van der Waals surface area contributed by atoms with Crippen LogP contribution >= 0.6 is 0 Å². The largest absolute Gasteiger partial charge is 0.378 e. The Morgan fingerprint density at radius 2 is 1.91 bits per heavy atom. The van der Waals surface area contributed by atoms with Gasteiger partial charge in [-0.3, -0.25) is 4.79 Å². The van der Waals surface area contributed by atoms with Crippen molar-refractivity contribution >= 4 is 27.6 Å². The molecule has 1 N–H and O–H groups in total. The van der Waals surface area contributed by atoms with Gasteiger partial charge in [0.05, 0.1) is 17.9 Å². The molecule has 6 aromatic rings. The molecule has 35 heavy (non-hydrogen) atoms. The van der Waals surface area contributed by atoms with E-state index in [9.17, 15) is 4.79 Å². The summed E-state index contributed by atoms with van der Waals surface area (Å²) < 4.78 is 8.78. The van der Waals surface area contributed by atoms with E-state index in [1.807, 2.05) is 48.8 Å². The van der Waals surface area contributed by atoms with Crippen LogP contribution in [0, 0.1) is 6.92 Å². The van der Waals surface area contributed by atoms with Crippen LogP contribution in [0.1, 0.15) is 16.8 Å². The van der Waals surface area contributed by atoms with Crippen molar-refractivity contribution in [1.29, 1.82) is 0 Å². The molecule has 0 aliphatic heterocycles. The maximum atomic E-state index is 13.3. The van der Waals surface area contributed by atoms with Crippen LogP contribution in [0.15, 0.2) is 71.8 Å². The summed E-state index contributed by atoms with van der Waals surface area (Å²) in [5, 5.41) is 14.7. The zero-order valence-corrected chi connectivity index (χ0v) is 19.5. The second-order valence-corrected chi connectivity index (χ2v) is 8.72. The van der Waals surface area contributed by atoms with Gasteiger partial charge in [0.1, 0.15) is 5.52 Å². The van der Waals surface area contributed by atoms with Gasteiger partial charge >= 0.3 is 0 Å². The standard InChI is InChI=1S/C27H24N6O2/c1-17-8-9-21-20(14-17)19(15-28-21)10-12-32-13-11-23-25(27(32)34)29-30-26-24(18-6-4-3-5-7-18)22(16-35-2)31-33(23)26/h3-9,11,13-15,28H,10,12,16H2,1-2H3. The first-order valence-corrected chi connectivity index (χ1v) is 11.5. The van der Waals surface area contributed by atoms with E-state index in [0.717, 1.165) is 28.8 Å². The highest BCUT2D eigenvalue weighted by molar-refractivity contribution is 5.85. The van der Waals surface area contributed by atoms with Gasteiger partial charge in [-0.05, 0) is 42.7 Å². The van der Waals surface area contributed by atoms with Crippen LogP contribution in [0.2, 0.25) is 0 Å². The summed E-state index contributed by atoms with van der Waals surface area (Å²) in [5.74, 6) is 0. The van der Waals surface area contributed by atoms with Gasteiger partial charge in [-0.2, -0.15) is 5.10 Å². The number of ether oxygens (including phenoxy) is 1. The molecule has 8 nitrogen and oxygen atoms in total. The minimum atomic E-state index is -0.182. The molecule has 0 fully saturated rings. The first-order chi connectivity index (χ1) is 17.1. The molecule has 2 aromatic carbocycles. The molecule has 174 valence electrons. The fourth-order valence-corrected chi connectivity index (χ4v) is 4.68. The number of benzene rings is 2.